The molecule has 1 unspecified atom stereocenters. The van der Waals surface area contributed by atoms with Gasteiger partial charge in [-0.25, -0.2) is 9.79 Å². The number of benzene rings is 1. The highest BCUT2D eigenvalue weighted by Gasteiger charge is 2.32. The van der Waals surface area contributed by atoms with Crippen molar-refractivity contribution in [2.45, 2.75) is 19.9 Å². The number of hydrogen-bond acceptors (Lipinski definition) is 8. The molecular weight excluding hydrogens is 372 g/mol. The molecule has 2 N–H and O–H groups in total. The van der Waals surface area contributed by atoms with Gasteiger partial charge in [0.15, 0.2) is 5.17 Å². The Balaban J connectivity index is 2.51. The first-order valence-corrected chi connectivity index (χ1v) is 9.19. The van der Waals surface area contributed by atoms with Crippen molar-refractivity contribution in [1.29, 1.82) is 0 Å². The minimum absolute atomic E-state index is 0.152. The number of ether oxygens (including phenoxy) is 3. The highest BCUT2D eigenvalue weighted by molar-refractivity contribution is 8.14. The van der Waals surface area contributed by atoms with Crippen molar-refractivity contribution in [3.63, 3.8) is 0 Å². The molecule has 0 bridgehead atoms. The molecule has 1 aromatic carbocycles. The zero-order valence-corrected chi connectivity index (χ0v) is 16.4. The van der Waals surface area contributed by atoms with Crippen molar-refractivity contribution in [3.05, 3.63) is 35.0 Å². The van der Waals surface area contributed by atoms with E-state index in [4.69, 9.17) is 19.3 Å². The maximum atomic E-state index is 12.5. The number of methoxy groups -OCH3 is 2. The Morgan fingerprint density at radius 2 is 2.04 bits per heavy atom. The summed E-state index contributed by atoms with van der Waals surface area (Å²) in [5.41, 5.74) is 1.55. The molecule has 0 aromatic heterocycles. The van der Waals surface area contributed by atoms with Gasteiger partial charge in [-0.05, 0) is 26.0 Å². The maximum absolute atomic E-state index is 12.5. The normalized spacial score (nSPS) is 16.3. The van der Waals surface area contributed by atoms with E-state index in [-0.39, 0.29) is 12.4 Å². The van der Waals surface area contributed by atoms with Crippen LogP contribution in [0.3, 0.4) is 0 Å². The van der Waals surface area contributed by atoms with Gasteiger partial charge in [-0.1, -0.05) is 11.8 Å². The number of aliphatic carboxylic acids is 1. The van der Waals surface area contributed by atoms with E-state index in [0.29, 0.717) is 33.5 Å². The minimum atomic E-state index is -0.957. The Morgan fingerprint density at radius 3 is 2.63 bits per heavy atom. The molecule has 146 valence electrons. The topological polar surface area (TPSA) is 106 Å². The number of nitrogens with one attached hydrogen (secondary N) is 1. The molecule has 2 rings (SSSR count). The average molecular weight is 394 g/mol. The number of carbonyl (C=O) groups excluding carboxylic acids is 1. The number of aliphatic imine (C=N–C) groups is 1. The predicted octanol–water partition coefficient (Wildman–Crippen LogP) is 2.36. The van der Waals surface area contributed by atoms with Gasteiger partial charge in [0.25, 0.3) is 0 Å². The number of thioether (sulfide) groups is 1. The molecule has 0 radical (unpaired) electrons. The third-order valence-electron chi connectivity index (χ3n) is 3.78. The SMILES string of the molecule is CCOC(=O)C1=C(C)NC(SCC(=O)O)=NC1c1ccc(OC)cc1OC. The van der Waals surface area contributed by atoms with E-state index in [1.165, 1.54) is 7.11 Å². The largest absolute Gasteiger partial charge is 0.497 e. The van der Waals surface area contributed by atoms with Crippen LogP contribution < -0.4 is 14.8 Å². The maximum Gasteiger partial charge on any atom is 0.338 e. The highest BCUT2D eigenvalue weighted by atomic mass is 32.2. The van der Waals surface area contributed by atoms with Gasteiger partial charge in [-0.15, -0.1) is 0 Å². The summed E-state index contributed by atoms with van der Waals surface area (Å²) < 4.78 is 15.9. The molecule has 0 aliphatic carbocycles. The van der Waals surface area contributed by atoms with Gasteiger partial charge in [-0.3, -0.25) is 4.79 Å². The third-order valence-corrected chi connectivity index (χ3v) is 4.65. The van der Waals surface area contributed by atoms with Crippen LogP contribution in [0.4, 0.5) is 0 Å². The zero-order chi connectivity index (χ0) is 20.0. The summed E-state index contributed by atoms with van der Waals surface area (Å²) in [6.45, 7) is 3.68. The van der Waals surface area contributed by atoms with Gasteiger partial charge < -0.3 is 24.6 Å². The van der Waals surface area contributed by atoms with Gasteiger partial charge in [-0.2, -0.15) is 0 Å². The van der Waals surface area contributed by atoms with E-state index in [1.807, 2.05) is 0 Å². The molecule has 0 fully saturated rings. The van der Waals surface area contributed by atoms with Crippen LogP contribution in [-0.2, 0) is 14.3 Å². The summed E-state index contributed by atoms with van der Waals surface area (Å²) in [4.78, 5) is 28.0. The van der Waals surface area contributed by atoms with Crippen molar-refractivity contribution in [3.8, 4) is 11.5 Å². The third kappa shape index (κ3) is 4.94. The van der Waals surface area contributed by atoms with Crippen LogP contribution in [0, 0.1) is 0 Å². The number of carboxylic acid groups (broad SMARTS) is 1. The molecular formula is C18H22N2O6S. The second-order valence-electron chi connectivity index (χ2n) is 5.51. The summed E-state index contributed by atoms with van der Waals surface area (Å²) in [6.07, 6.45) is 0. The van der Waals surface area contributed by atoms with Gasteiger partial charge in [0.2, 0.25) is 0 Å². The predicted molar refractivity (Wildman–Crippen MR) is 102 cm³/mol. The lowest BCUT2D eigenvalue weighted by molar-refractivity contribution is -0.139. The smallest absolute Gasteiger partial charge is 0.338 e. The van der Waals surface area contributed by atoms with Gasteiger partial charge in [0, 0.05) is 17.3 Å². The second kappa shape index (κ2) is 9.31. The van der Waals surface area contributed by atoms with Crippen LogP contribution in [0.1, 0.15) is 25.5 Å². The number of amidine groups is 1. The average Bonchev–Trinajstić information content (AvgIpc) is 2.65. The molecule has 1 aromatic rings. The van der Waals surface area contributed by atoms with Crippen LogP contribution in [0.2, 0.25) is 0 Å². The molecule has 0 saturated carbocycles. The summed E-state index contributed by atoms with van der Waals surface area (Å²) >= 11 is 1.04. The van der Waals surface area contributed by atoms with Crippen molar-refractivity contribution in [2.75, 3.05) is 26.6 Å². The van der Waals surface area contributed by atoms with Gasteiger partial charge in [0.1, 0.15) is 17.5 Å². The van der Waals surface area contributed by atoms with Crippen LogP contribution in [-0.4, -0.2) is 48.8 Å². The Kier molecular flexibility index (Phi) is 7.12. The monoisotopic (exact) mass is 394 g/mol. The highest BCUT2D eigenvalue weighted by Crippen LogP contribution is 2.39. The zero-order valence-electron chi connectivity index (χ0n) is 15.6. The molecule has 0 spiro atoms. The molecule has 1 heterocycles. The van der Waals surface area contributed by atoms with Crippen molar-refractivity contribution in [2.24, 2.45) is 4.99 Å². The number of rotatable bonds is 7. The number of nitrogens with zero attached hydrogens (tertiary/aromatic N) is 1. The summed E-state index contributed by atoms with van der Waals surface area (Å²) in [5.74, 6) is -0.493. The minimum Gasteiger partial charge on any atom is -0.497 e. The van der Waals surface area contributed by atoms with E-state index in [9.17, 15) is 9.59 Å². The van der Waals surface area contributed by atoms with E-state index in [0.717, 1.165) is 11.8 Å². The Morgan fingerprint density at radius 1 is 1.30 bits per heavy atom. The Bertz CT molecular complexity index is 790. The number of allylic oxidation sites excluding steroid dienone is 1. The Hall–Kier alpha value is -2.68. The van der Waals surface area contributed by atoms with Crippen LogP contribution >= 0.6 is 11.8 Å². The van der Waals surface area contributed by atoms with E-state index >= 15 is 0 Å². The van der Waals surface area contributed by atoms with Crippen molar-refractivity contribution in [1.82, 2.24) is 5.32 Å². The summed E-state index contributed by atoms with van der Waals surface area (Å²) in [6, 6.07) is 4.53. The van der Waals surface area contributed by atoms with Crippen molar-refractivity contribution >= 4 is 28.9 Å². The molecule has 27 heavy (non-hydrogen) atoms. The molecule has 8 nitrogen and oxygen atoms in total. The first kappa shape index (κ1) is 20.6. The first-order valence-electron chi connectivity index (χ1n) is 8.20. The van der Waals surface area contributed by atoms with E-state index < -0.39 is 18.0 Å². The van der Waals surface area contributed by atoms with Crippen molar-refractivity contribution < 1.29 is 28.9 Å². The standard InChI is InChI=1S/C18H22N2O6S/c1-5-26-17(23)15-10(2)19-18(27-9-14(21)22)20-16(15)12-7-6-11(24-3)8-13(12)25-4/h6-8,16H,5,9H2,1-4H3,(H,19,20)(H,21,22). The lowest BCUT2D eigenvalue weighted by Gasteiger charge is -2.26. The molecule has 1 aliphatic rings. The second-order valence-corrected chi connectivity index (χ2v) is 6.48. The van der Waals surface area contributed by atoms with Crippen LogP contribution in [0.25, 0.3) is 0 Å². The molecule has 1 atom stereocenters. The lowest BCUT2D eigenvalue weighted by Crippen LogP contribution is -2.31. The number of carbonyl (C=O) groups is 2. The molecule has 9 heteroatoms. The molecule has 0 amide bonds. The fraction of sp³-hybridized carbons (Fsp3) is 0.389. The molecule has 0 saturated heterocycles. The molecule has 1 aliphatic heterocycles. The number of hydrogen-bond donors (Lipinski definition) is 2. The summed E-state index contributed by atoms with van der Waals surface area (Å²) in [7, 11) is 3.07. The van der Waals surface area contributed by atoms with Gasteiger partial charge in [0.05, 0.1) is 32.2 Å². The quantitative estimate of drug-likeness (QED) is 0.679. The number of esters is 1. The van der Waals surface area contributed by atoms with E-state index in [1.54, 1.807) is 39.2 Å². The lowest BCUT2D eigenvalue weighted by atomic mass is 9.95. The summed E-state index contributed by atoms with van der Waals surface area (Å²) in [5, 5.41) is 12.3. The fourth-order valence-electron chi connectivity index (χ4n) is 2.59. The Labute approximate surface area is 161 Å². The fourth-order valence-corrected chi connectivity index (χ4v) is 3.26. The van der Waals surface area contributed by atoms with Crippen LogP contribution in [0.5, 0.6) is 11.5 Å². The van der Waals surface area contributed by atoms with E-state index in [2.05, 4.69) is 10.3 Å². The van der Waals surface area contributed by atoms with Gasteiger partial charge >= 0.3 is 11.9 Å². The number of carboxylic acids is 1. The first-order chi connectivity index (χ1) is 12.9. The van der Waals surface area contributed by atoms with Crippen LogP contribution in [0.15, 0.2) is 34.5 Å².